The molecule has 0 saturated carbocycles. The number of rotatable bonds is 4. The monoisotopic (exact) mass is 333 g/mol. The van der Waals surface area contributed by atoms with E-state index in [1.165, 1.54) is 12.1 Å². The number of fused-ring (bicyclic) bond motifs is 1. The SMILES string of the molecule is Cc1cc(=O)c2c(O)cc(O)c(N3CCC(CCCO)CC3)c2o1. The molecule has 0 spiro atoms. The molecule has 3 N–H and O–H groups in total. The molecule has 2 aromatic rings. The maximum atomic E-state index is 12.2. The molecule has 24 heavy (non-hydrogen) atoms. The number of aromatic hydroxyl groups is 2. The molecule has 1 aromatic carbocycles. The Bertz CT molecular complexity index is 790. The van der Waals surface area contributed by atoms with Crippen molar-refractivity contribution in [3.05, 3.63) is 28.1 Å². The predicted octanol–water partition coefficient (Wildman–Crippen LogP) is 2.50. The van der Waals surface area contributed by atoms with E-state index in [2.05, 4.69) is 0 Å². The molecule has 1 fully saturated rings. The molecule has 6 heteroatoms. The van der Waals surface area contributed by atoms with Gasteiger partial charge >= 0.3 is 0 Å². The zero-order valence-electron chi connectivity index (χ0n) is 13.8. The Labute approximate surface area is 140 Å². The highest BCUT2D eigenvalue weighted by Crippen LogP contribution is 2.41. The van der Waals surface area contributed by atoms with Crippen molar-refractivity contribution in [2.75, 3.05) is 24.6 Å². The molecule has 1 aromatic heterocycles. The third-order valence-corrected chi connectivity index (χ3v) is 4.76. The average Bonchev–Trinajstić information content (AvgIpc) is 2.53. The van der Waals surface area contributed by atoms with E-state index in [-0.39, 0.29) is 34.5 Å². The van der Waals surface area contributed by atoms with Crippen molar-refractivity contribution in [3.8, 4) is 11.5 Å². The van der Waals surface area contributed by atoms with E-state index in [1.54, 1.807) is 6.92 Å². The lowest BCUT2D eigenvalue weighted by atomic mass is 9.92. The van der Waals surface area contributed by atoms with Gasteiger partial charge in [-0.25, -0.2) is 0 Å². The molecular formula is C18H23NO5. The summed E-state index contributed by atoms with van der Waals surface area (Å²) in [5.41, 5.74) is 0.404. The van der Waals surface area contributed by atoms with E-state index in [9.17, 15) is 15.0 Å². The van der Waals surface area contributed by atoms with Crippen LogP contribution in [0.2, 0.25) is 0 Å². The maximum Gasteiger partial charge on any atom is 0.196 e. The number of aliphatic hydroxyl groups is 1. The number of aryl methyl sites for hydroxylation is 1. The van der Waals surface area contributed by atoms with E-state index >= 15 is 0 Å². The van der Waals surface area contributed by atoms with E-state index < -0.39 is 0 Å². The smallest absolute Gasteiger partial charge is 0.196 e. The van der Waals surface area contributed by atoms with Crippen LogP contribution in [0.4, 0.5) is 5.69 Å². The fourth-order valence-corrected chi connectivity index (χ4v) is 3.54. The number of piperidine rings is 1. The van der Waals surface area contributed by atoms with Crippen molar-refractivity contribution >= 4 is 16.7 Å². The first-order valence-electron chi connectivity index (χ1n) is 8.36. The van der Waals surface area contributed by atoms with E-state index in [0.717, 1.165) is 38.8 Å². The summed E-state index contributed by atoms with van der Waals surface area (Å²) >= 11 is 0. The molecular weight excluding hydrogens is 310 g/mol. The Morgan fingerprint density at radius 1 is 1.21 bits per heavy atom. The predicted molar refractivity (Wildman–Crippen MR) is 91.8 cm³/mol. The number of hydrogen-bond donors (Lipinski definition) is 3. The van der Waals surface area contributed by atoms with Gasteiger partial charge in [-0.05, 0) is 38.5 Å². The molecule has 1 saturated heterocycles. The van der Waals surface area contributed by atoms with Gasteiger partial charge in [-0.3, -0.25) is 4.79 Å². The van der Waals surface area contributed by atoms with Crippen LogP contribution in [-0.2, 0) is 0 Å². The van der Waals surface area contributed by atoms with Gasteiger partial charge in [0.1, 0.15) is 28.3 Å². The first-order chi connectivity index (χ1) is 11.5. The van der Waals surface area contributed by atoms with Crippen molar-refractivity contribution in [2.45, 2.75) is 32.6 Å². The largest absolute Gasteiger partial charge is 0.507 e. The first-order valence-corrected chi connectivity index (χ1v) is 8.36. The summed E-state index contributed by atoms with van der Waals surface area (Å²) in [6.07, 6.45) is 3.72. The number of anilines is 1. The van der Waals surface area contributed by atoms with Gasteiger partial charge in [0.25, 0.3) is 0 Å². The summed E-state index contributed by atoms with van der Waals surface area (Å²) in [5, 5.41) is 29.4. The summed E-state index contributed by atoms with van der Waals surface area (Å²) in [5.74, 6) is 0.657. The molecule has 0 unspecified atom stereocenters. The van der Waals surface area contributed by atoms with Crippen LogP contribution >= 0.6 is 0 Å². The van der Waals surface area contributed by atoms with Crippen molar-refractivity contribution in [1.29, 1.82) is 0 Å². The molecule has 1 aliphatic rings. The molecule has 0 radical (unpaired) electrons. The lowest BCUT2D eigenvalue weighted by molar-refractivity contribution is 0.261. The molecule has 0 atom stereocenters. The molecule has 0 bridgehead atoms. The lowest BCUT2D eigenvalue weighted by Gasteiger charge is -2.34. The highest BCUT2D eigenvalue weighted by Gasteiger charge is 2.25. The second-order valence-electron chi connectivity index (χ2n) is 6.49. The standard InChI is InChI=1S/C18H23NO5/c1-11-9-13(21)16-14(22)10-15(23)17(18(16)24-11)19-6-4-12(5-7-19)3-2-8-20/h9-10,12,20,22-23H,2-8H2,1H3. The van der Waals surface area contributed by atoms with Crippen LogP contribution in [0.15, 0.2) is 21.3 Å². The molecule has 1 aliphatic heterocycles. The average molecular weight is 333 g/mol. The minimum absolute atomic E-state index is 0.0810. The van der Waals surface area contributed by atoms with Crippen LogP contribution in [0.25, 0.3) is 11.0 Å². The van der Waals surface area contributed by atoms with Gasteiger partial charge in [0.05, 0.1) is 0 Å². The van der Waals surface area contributed by atoms with Gasteiger partial charge in [0.15, 0.2) is 11.0 Å². The van der Waals surface area contributed by atoms with Crippen LogP contribution < -0.4 is 10.3 Å². The molecule has 0 aliphatic carbocycles. The van der Waals surface area contributed by atoms with Crippen molar-refractivity contribution in [1.82, 2.24) is 0 Å². The number of nitrogens with zero attached hydrogens (tertiary/aromatic N) is 1. The Balaban J connectivity index is 1.97. The van der Waals surface area contributed by atoms with E-state index in [0.29, 0.717) is 17.4 Å². The fourth-order valence-electron chi connectivity index (χ4n) is 3.54. The fraction of sp³-hybridized carbons (Fsp3) is 0.500. The zero-order valence-corrected chi connectivity index (χ0v) is 13.8. The van der Waals surface area contributed by atoms with Gasteiger partial charge in [-0.1, -0.05) is 0 Å². The first kappa shape index (κ1) is 16.6. The topological polar surface area (TPSA) is 94.1 Å². The quantitative estimate of drug-likeness (QED) is 0.796. The van der Waals surface area contributed by atoms with Crippen LogP contribution in [0.1, 0.15) is 31.4 Å². The highest BCUT2D eigenvalue weighted by atomic mass is 16.3. The van der Waals surface area contributed by atoms with Crippen molar-refractivity contribution in [3.63, 3.8) is 0 Å². The normalized spacial score (nSPS) is 16.0. The van der Waals surface area contributed by atoms with Gasteiger partial charge in [0.2, 0.25) is 0 Å². The summed E-state index contributed by atoms with van der Waals surface area (Å²) in [6.45, 7) is 3.36. The lowest BCUT2D eigenvalue weighted by Crippen LogP contribution is -2.34. The second-order valence-corrected chi connectivity index (χ2v) is 6.49. The summed E-state index contributed by atoms with van der Waals surface area (Å²) < 4.78 is 5.69. The van der Waals surface area contributed by atoms with Gasteiger partial charge in [0, 0.05) is 31.8 Å². The van der Waals surface area contributed by atoms with E-state index in [4.69, 9.17) is 9.52 Å². The number of phenolic OH excluding ortho intramolecular Hbond substituents is 2. The Kier molecular flexibility index (Phi) is 4.66. The second kappa shape index (κ2) is 6.73. The Hall–Kier alpha value is -2.21. The number of aliphatic hydroxyl groups excluding tert-OH is 1. The molecule has 3 rings (SSSR count). The minimum atomic E-state index is -0.315. The summed E-state index contributed by atoms with van der Waals surface area (Å²) in [7, 11) is 0. The van der Waals surface area contributed by atoms with Crippen LogP contribution in [0, 0.1) is 12.8 Å². The maximum absolute atomic E-state index is 12.2. The minimum Gasteiger partial charge on any atom is -0.507 e. The highest BCUT2D eigenvalue weighted by molar-refractivity contribution is 5.96. The third kappa shape index (κ3) is 3.06. The van der Waals surface area contributed by atoms with Crippen LogP contribution in [0.5, 0.6) is 11.5 Å². The molecule has 0 amide bonds. The number of benzene rings is 1. The number of phenols is 2. The molecule has 6 nitrogen and oxygen atoms in total. The van der Waals surface area contributed by atoms with Gasteiger partial charge in [-0.2, -0.15) is 0 Å². The molecule has 2 heterocycles. The van der Waals surface area contributed by atoms with Crippen LogP contribution in [-0.4, -0.2) is 35.0 Å². The number of hydrogen-bond acceptors (Lipinski definition) is 6. The molecule has 130 valence electrons. The van der Waals surface area contributed by atoms with Crippen LogP contribution in [0.3, 0.4) is 0 Å². The van der Waals surface area contributed by atoms with Crippen molar-refractivity contribution < 1.29 is 19.7 Å². The van der Waals surface area contributed by atoms with E-state index in [1.807, 2.05) is 4.90 Å². The zero-order chi connectivity index (χ0) is 17.3. The summed E-state index contributed by atoms with van der Waals surface area (Å²) in [6, 6.07) is 2.55. The Morgan fingerprint density at radius 3 is 2.58 bits per heavy atom. The van der Waals surface area contributed by atoms with Crippen molar-refractivity contribution in [2.24, 2.45) is 5.92 Å². The van der Waals surface area contributed by atoms with Gasteiger partial charge in [-0.15, -0.1) is 0 Å². The third-order valence-electron chi connectivity index (χ3n) is 4.76. The summed E-state index contributed by atoms with van der Waals surface area (Å²) in [4.78, 5) is 14.2. The Morgan fingerprint density at radius 2 is 1.92 bits per heavy atom. The van der Waals surface area contributed by atoms with Gasteiger partial charge < -0.3 is 24.6 Å².